The zero-order chi connectivity index (χ0) is 34.1. The van der Waals surface area contributed by atoms with E-state index in [-0.39, 0.29) is 0 Å². The summed E-state index contributed by atoms with van der Waals surface area (Å²) in [6, 6.07) is 60.0. The van der Waals surface area contributed by atoms with E-state index in [4.69, 9.17) is 7.16 Å². The molecule has 49 heavy (non-hydrogen) atoms. The fourth-order valence-corrected chi connectivity index (χ4v) is 7.76. The monoisotopic (exact) mass is 624 g/mol. The first kappa shape index (κ1) is 25.6. The van der Waals surface area contributed by atoms with E-state index in [0.717, 1.165) is 60.7 Å². The molecule has 0 fully saturated rings. The summed E-state index contributed by atoms with van der Waals surface area (Å²) in [5.41, 5.74) is 10.7. The van der Waals surface area contributed by atoms with Crippen LogP contribution in [-0.4, -0.2) is 0 Å². The van der Waals surface area contributed by atoms with Crippen LogP contribution in [0.2, 0.25) is 0 Å². The maximum absolute atomic E-state index is 8.10. The smallest absolute Gasteiger partial charge is 0.143 e. The van der Waals surface area contributed by atoms with Gasteiger partial charge in [0.1, 0.15) is 11.2 Å². The molecular weight excluding hydrogens is 593 g/mol. The Hall–Kier alpha value is -6.44. The van der Waals surface area contributed by atoms with Crippen molar-refractivity contribution in [2.24, 2.45) is 0 Å². The third-order valence-electron chi connectivity index (χ3n) is 9.91. The van der Waals surface area contributed by atoms with E-state index in [9.17, 15) is 0 Å². The molecule has 0 bridgehead atoms. The fourth-order valence-electron chi connectivity index (χ4n) is 7.76. The Morgan fingerprint density at radius 2 is 0.898 bits per heavy atom. The molecule has 0 N–H and O–H groups in total. The van der Waals surface area contributed by atoms with Gasteiger partial charge in [-0.05, 0) is 102 Å². The third-order valence-corrected chi connectivity index (χ3v) is 9.91. The zero-order valence-corrected chi connectivity index (χ0v) is 26.6. The molecule has 0 radical (unpaired) electrons. The first-order chi connectivity index (χ1) is 25.1. The van der Waals surface area contributed by atoms with Gasteiger partial charge in [-0.25, -0.2) is 0 Å². The van der Waals surface area contributed by atoms with Crippen LogP contribution in [0, 0.1) is 0 Å². The lowest BCUT2D eigenvalue weighted by Crippen LogP contribution is -1.92. The second-order valence-corrected chi connectivity index (χ2v) is 12.7. The highest BCUT2D eigenvalue weighted by Crippen LogP contribution is 2.48. The van der Waals surface area contributed by atoms with E-state index < -0.39 is 0 Å². The Kier molecular flexibility index (Phi) is 5.79. The molecule has 9 aromatic carbocycles. The SMILES string of the molecule is [2H]c1ccc(-c2cc(-c3ccc([2H])cc3)cc(-c3c4ccccc4c(-c4cccc5oc6c7ccccc7ccc6c45)c4ccccc34)c2)cc1. The number of fused-ring (bicyclic) bond motifs is 7. The lowest BCUT2D eigenvalue weighted by atomic mass is 9.83. The van der Waals surface area contributed by atoms with Crippen molar-refractivity contribution in [3.63, 3.8) is 0 Å². The lowest BCUT2D eigenvalue weighted by Gasteiger charge is -2.19. The summed E-state index contributed by atoms with van der Waals surface area (Å²) in [6.45, 7) is 0. The van der Waals surface area contributed by atoms with Crippen molar-refractivity contribution in [1.29, 1.82) is 0 Å². The molecule has 0 unspecified atom stereocenters. The summed E-state index contributed by atoms with van der Waals surface area (Å²) >= 11 is 0. The number of rotatable bonds is 4. The number of furan rings is 1. The first-order valence-electron chi connectivity index (χ1n) is 17.7. The van der Waals surface area contributed by atoms with Crippen molar-refractivity contribution in [2.75, 3.05) is 0 Å². The Labute approximate surface area is 287 Å². The van der Waals surface area contributed by atoms with Gasteiger partial charge in [0.05, 0.1) is 2.74 Å². The quantitative estimate of drug-likeness (QED) is 0.178. The zero-order valence-electron chi connectivity index (χ0n) is 28.6. The minimum atomic E-state index is 0.488. The van der Waals surface area contributed by atoms with Crippen LogP contribution in [0.3, 0.4) is 0 Å². The summed E-state index contributed by atoms with van der Waals surface area (Å²) in [7, 11) is 0. The lowest BCUT2D eigenvalue weighted by molar-refractivity contribution is 0.673. The van der Waals surface area contributed by atoms with Crippen LogP contribution in [0.15, 0.2) is 186 Å². The van der Waals surface area contributed by atoms with Crippen molar-refractivity contribution in [2.45, 2.75) is 0 Å². The Bertz CT molecular complexity index is 2850. The van der Waals surface area contributed by atoms with Crippen LogP contribution in [0.4, 0.5) is 0 Å². The predicted octanol–water partition coefficient (Wildman–Crippen LogP) is 13.7. The average molecular weight is 625 g/mol. The van der Waals surface area contributed by atoms with E-state index >= 15 is 0 Å². The molecule has 0 saturated heterocycles. The summed E-state index contributed by atoms with van der Waals surface area (Å²) in [4.78, 5) is 0. The van der Waals surface area contributed by atoms with Crippen molar-refractivity contribution >= 4 is 54.3 Å². The van der Waals surface area contributed by atoms with E-state index in [2.05, 4.69) is 121 Å². The topological polar surface area (TPSA) is 13.1 Å². The van der Waals surface area contributed by atoms with Crippen LogP contribution in [0.1, 0.15) is 2.74 Å². The Morgan fingerprint density at radius 3 is 1.51 bits per heavy atom. The van der Waals surface area contributed by atoms with Gasteiger partial charge in [-0.15, -0.1) is 0 Å². The molecule has 10 rings (SSSR count). The molecule has 1 nitrogen and oxygen atoms in total. The second-order valence-electron chi connectivity index (χ2n) is 12.7. The van der Waals surface area contributed by atoms with Crippen LogP contribution >= 0.6 is 0 Å². The van der Waals surface area contributed by atoms with Gasteiger partial charge in [0.15, 0.2) is 0 Å². The standard InChI is InChI=1S/C48H30O/c1-3-14-31(15-4-1)34-28-35(32-16-5-2-6-17-32)30-36(29-34)45-38-20-9-11-22-40(38)46(41-23-12-10-21-39(41)45)42-24-13-25-44-47(42)43-27-26-33-18-7-8-19-37(33)48(43)49-44/h1-30H/i1D,2D. The van der Waals surface area contributed by atoms with Gasteiger partial charge in [-0.2, -0.15) is 0 Å². The minimum absolute atomic E-state index is 0.488. The van der Waals surface area contributed by atoms with Crippen LogP contribution in [-0.2, 0) is 0 Å². The molecule has 1 heteroatoms. The Morgan fingerprint density at radius 1 is 0.367 bits per heavy atom. The summed E-state index contributed by atoms with van der Waals surface area (Å²) < 4.78 is 22.8. The highest BCUT2D eigenvalue weighted by molar-refractivity contribution is 6.27. The summed E-state index contributed by atoms with van der Waals surface area (Å²) in [5.74, 6) is 0. The molecule has 0 aliphatic rings. The van der Waals surface area contributed by atoms with Gasteiger partial charge in [0.25, 0.3) is 0 Å². The van der Waals surface area contributed by atoms with Crippen molar-refractivity contribution < 1.29 is 7.16 Å². The van der Waals surface area contributed by atoms with E-state index in [1.165, 1.54) is 38.1 Å². The van der Waals surface area contributed by atoms with Crippen molar-refractivity contribution in [1.82, 2.24) is 0 Å². The highest BCUT2D eigenvalue weighted by atomic mass is 16.3. The van der Waals surface area contributed by atoms with Gasteiger partial charge < -0.3 is 4.42 Å². The molecule has 0 atom stereocenters. The minimum Gasteiger partial charge on any atom is -0.455 e. The van der Waals surface area contributed by atoms with Crippen molar-refractivity contribution in [3.05, 3.63) is 182 Å². The average Bonchev–Trinajstić information content (AvgIpc) is 3.57. The second kappa shape index (κ2) is 11.1. The third kappa shape index (κ3) is 4.40. The molecule has 10 aromatic rings. The molecule has 0 amide bonds. The van der Waals surface area contributed by atoms with Crippen molar-refractivity contribution in [3.8, 4) is 44.5 Å². The molecule has 228 valence electrons. The normalized spacial score (nSPS) is 12.2. The summed E-state index contributed by atoms with van der Waals surface area (Å²) in [5, 5.41) is 9.23. The number of benzene rings is 9. The number of hydrogen-bond donors (Lipinski definition) is 0. The molecule has 0 aliphatic heterocycles. The molecule has 1 heterocycles. The van der Waals surface area contributed by atoms with Crippen LogP contribution < -0.4 is 0 Å². The molecule has 0 spiro atoms. The van der Waals surface area contributed by atoms with E-state index in [1.54, 1.807) is 0 Å². The van der Waals surface area contributed by atoms with Gasteiger partial charge in [-0.1, -0.05) is 152 Å². The van der Waals surface area contributed by atoms with Crippen LogP contribution in [0.5, 0.6) is 0 Å². The van der Waals surface area contributed by atoms with Crippen LogP contribution in [0.25, 0.3) is 98.8 Å². The molecule has 0 aliphatic carbocycles. The molecule has 1 aromatic heterocycles. The predicted molar refractivity (Wildman–Crippen MR) is 208 cm³/mol. The first-order valence-corrected chi connectivity index (χ1v) is 16.7. The summed E-state index contributed by atoms with van der Waals surface area (Å²) in [6.07, 6.45) is 0. The van der Waals surface area contributed by atoms with E-state index in [1.807, 2.05) is 48.5 Å². The Balaban J connectivity index is 1.30. The maximum Gasteiger partial charge on any atom is 0.143 e. The largest absolute Gasteiger partial charge is 0.455 e. The molecule has 0 saturated carbocycles. The van der Waals surface area contributed by atoms with Gasteiger partial charge >= 0.3 is 0 Å². The van der Waals surface area contributed by atoms with Gasteiger partial charge in [0, 0.05) is 16.2 Å². The highest BCUT2D eigenvalue weighted by Gasteiger charge is 2.21. The van der Waals surface area contributed by atoms with Gasteiger partial charge in [0.2, 0.25) is 0 Å². The number of hydrogen-bond acceptors (Lipinski definition) is 1. The molecular formula is C48H30O. The van der Waals surface area contributed by atoms with Gasteiger partial charge in [-0.3, -0.25) is 0 Å². The van der Waals surface area contributed by atoms with E-state index in [0.29, 0.717) is 12.1 Å². The fraction of sp³-hybridized carbons (Fsp3) is 0. The maximum atomic E-state index is 8.10.